The highest BCUT2D eigenvalue weighted by atomic mass is 16.3. The number of hydrogen-bond donors (Lipinski definition) is 5. The molecule has 5 N–H and O–H groups in total. The van der Waals surface area contributed by atoms with E-state index >= 15 is 0 Å². The summed E-state index contributed by atoms with van der Waals surface area (Å²) in [5.41, 5.74) is 0. The van der Waals surface area contributed by atoms with E-state index in [1.165, 1.54) is 0 Å². The van der Waals surface area contributed by atoms with Crippen LogP contribution in [0.25, 0.3) is 0 Å². The molecule has 0 spiro atoms. The highest BCUT2D eigenvalue weighted by molar-refractivity contribution is 4.50. The average Bonchev–Trinajstić information content (AvgIpc) is 2.25. The predicted molar refractivity (Wildman–Crippen MR) is 52.8 cm³/mol. The molecule has 1 unspecified atom stereocenters. The fraction of sp³-hybridized carbons (Fsp3) is 1.00. The minimum absolute atomic E-state index is 0.192. The van der Waals surface area contributed by atoms with Crippen LogP contribution in [0.5, 0.6) is 0 Å². The summed E-state index contributed by atoms with van der Waals surface area (Å²) < 4.78 is 0. The molecule has 0 bridgehead atoms. The first kappa shape index (κ1) is 16.2. The molecule has 0 heterocycles. The van der Waals surface area contributed by atoms with Crippen molar-refractivity contribution in [3.8, 4) is 0 Å². The Morgan fingerprint density at radius 1 is 0.929 bits per heavy atom. The topological polar surface area (TPSA) is 101 Å². The van der Waals surface area contributed by atoms with Crippen LogP contribution in [0.2, 0.25) is 0 Å². The Balaban J connectivity index is 0. The Hall–Kier alpha value is -0.200. The van der Waals surface area contributed by atoms with Crippen LogP contribution >= 0.6 is 0 Å². The van der Waals surface area contributed by atoms with Crippen LogP contribution < -0.4 is 0 Å². The van der Waals surface area contributed by atoms with E-state index in [0.717, 1.165) is 19.3 Å². The molecule has 0 aliphatic carbocycles. The Morgan fingerprint density at radius 2 is 1.43 bits per heavy atom. The summed E-state index contributed by atoms with van der Waals surface area (Å²) in [5, 5.41) is 41.2. The van der Waals surface area contributed by atoms with E-state index in [0.29, 0.717) is 0 Å². The zero-order valence-corrected chi connectivity index (χ0v) is 8.63. The lowest BCUT2D eigenvalue weighted by Gasteiger charge is -2.03. The largest absolute Gasteiger partial charge is 0.396 e. The van der Waals surface area contributed by atoms with Gasteiger partial charge in [-0.05, 0) is 19.3 Å². The van der Waals surface area contributed by atoms with Gasteiger partial charge in [0.25, 0.3) is 0 Å². The zero-order valence-electron chi connectivity index (χ0n) is 8.63. The summed E-state index contributed by atoms with van der Waals surface area (Å²) in [6.07, 6.45) is 1.08. The van der Waals surface area contributed by atoms with E-state index in [2.05, 4.69) is 0 Å². The van der Waals surface area contributed by atoms with Crippen molar-refractivity contribution in [1.82, 2.24) is 0 Å². The highest BCUT2D eigenvalue weighted by Crippen LogP contribution is 1.98. The first-order chi connectivity index (χ1) is 6.62. The average molecular weight is 210 g/mol. The summed E-state index contributed by atoms with van der Waals surface area (Å²) in [7, 11) is 0. The molecule has 0 aromatic rings. The van der Waals surface area contributed by atoms with Crippen molar-refractivity contribution >= 4 is 0 Å². The SMILES string of the molecule is CCC(O)CCCO.OCC(O)CO. The Bertz CT molecular complexity index is 95.2. The first-order valence-electron chi connectivity index (χ1n) is 4.81. The van der Waals surface area contributed by atoms with E-state index in [9.17, 15) is 0 Å². The molecule has 0 fully saturated rings. The second kappa shape index (κ2) is 12.8. The molecule has 1 atom stereocenters. The molecule has 0 amide bonds. The monoisotopic (exact) mass is 210 g/mol. The molecule has 0 aliphatic heterocycles. The van der Waals surface area contributed by atoms with Crippen LogP contribution in [0.1, 0.15) is 26.2 Å². The van der Waals surface area contributed by atoms with Gasteiger partial charge in [-0.2, -0.15) is 0 Å². The molecule has 0 rings (SSSR count). The molecule has 0 aliphatic rings. The van der Waals surface area contributed by atoms with Crippen molar-refractivity contribution in [2.24, 2.45) is 0 Å². The lowest BCUT2D eigenvalue weighted by atomic mass is 10.2. The summed E-state index contributed by atoms with van der Waals surface area (Å²) in [6, 6.07) is 0. The molecular formula is C9H22O5. The fourth-order valence-electron chi connectivity index (χ4n) is 0.589. The molecule has 5 nitrogen and oxygen atoms in total. The van der Waals surface area contributed by atoms with Crippen molar-refractivity contribution < 1.29 is 25.5 Å². The van der Waals surface area contributed by atoms with Gasteiger partial charge in [-0.25, -0.2) is 0 Å². The van der Waals surface area contributed by atoms with Gasteiger partial charge < -0.3 is 25.5 Å². The molecule has 0 aromatic heterocycles. The van der Waals surface area contributed by atoms with Gasteiger partial charge in [0.15, 0.2) is 0 Å². The quantitative estimate of drug-likeness (QED) is 0.381. The van der Waals surface area contributed by atoms with Gasteiger partial charge in [-0.1, -0.05) is 6.92 Å². The number of aliphatic hydroxyl groups is 5. The maximum absolute atomic E-state index is 8.88. The van der Waals surface area contributed by atoms with Gasteiger partial charge in [0.05, 0.1) is 19.3 Å². The van der Waals surface area contributed by atoms with Gasteiger partial charge in [0.2, 0.25) is 0 Å². The third kappa shape index (κ3) is 14.3. The van der Waals surface area contributed by atoms with Crippen molar-refractivity contribution in [2.75, 3.05) is 19.8 Å². The molecule has 0 radical (unpaired) electrons. The fourth-order valence-corrected chi connectivity index (χ4v) is 0.589. The van der Waals surface area contributed by atoms with E-state index in [1.54, 1.807) is 0 Å². The van der Waals surface area contributed by atoms with Crippen molar-refractivity contribution in [2.45, 2.75) is 38.4 Å². The van der Waals surface area contributed by atoms with Gasteiger partial charge in [0.1, 0.15) is 6.10 Å². The van der Waals surface area contributed by atoms with Gasteiger partial charge in [0, 0.05) is 6.61 Å². The molecule has 14 heavy (non-hydrogen) atoms. The number of aliphatic hydroxyl groups excluding tert-OH is 5. The van der Waals surface area contributed by atoms with Crippen LogP contribution in [0.15, 0.2) is 0 Å². The van der Waals surface area contributed by atoms with E-state index in [1.807, 2.05) is 6.92 Å². The number of rotatable bonds is 6. The highest BCUT2D eigenvalue weighted by Gasteiger charge is 1.97. The minimum atomic E-state index is -0.954. The van der Waals surface area contributed by atoms with Gasteiger partial charge in [-0.3, -0.25) is 0 Å². The first-order valence-corrected chi connectivity index (χ1v) is 4.81. The van der Waals surface area contributed by atoms with Crippen molar-refractivity contribution in [3.63, 3.8) is 0 Å². The van der Waals surface area contributed by atoms with Crippen LogP contribution in [0.4, 0.5) is 0 Å². The third-order valence-electron chi connectivity index (χ3n) is 1.59. The summed E-state index contributed by atoms with van der Waals surface area (Å²) in [4.78, 5) is 0. The summed E-state index contributed by atoms with van der Waals surface area (Å²) >= 11 is 0. The van der Waals surface area contributed by atoms with E-state index < -0.39 is 6.10 Å². The smallest absolute Gasteiger partial charge is 0.100 e. The minimum Gasteiger partial charge on any atom is -0.396 e. The normalized spacial score (nSPS) is 12.2. The van der Waals surface area contributed by atoms with E-state index in [-0.39, 0.29) is 25.9 Å². The second-order valence-corrected chi connectivity index (χ2v) is 2.95. The molecule has 0 saturated heterocycles. The summed E-state index contributed by atoms with van der Waals surface area (Å²) in [6.45, 7) is 1.39. The van der Waals surface area contributed by atoms with Crippen LogP contribution in [0.3, 0.4) is 0 Å². The lowest BCUT2D eigenvalue weighted by molar-refractivity contribution is 0.0450. The van der Waals surface area contributed by atoms with Crippen molar-refractivity contribution in [1.29, 1.82) is 0 Å². The van der Waals surface area contributed by atoms with Gasteiger partial charge >= 0.3 is 0 Å². The molecule has 88 valence electrons. The lowest BCUT2D eigenvalue weighted by Crippen LogP contribution is -2.15. The Kier molecular flexibility index (Phi) is 14.8. The second-order valence-electron chi connectivity index (χ2n) is 2.95. The Morgan fingerprint density at radius 3 is 1.64 bits per heavy atom. The van der Waals surface area contributed by atoms with E-state index in [4.69, 9.17) is 25.5 Å². The maximum atomic E-state index is 8.88. The standard InChI is InChI=1S/C6H14O2.C3H8O3/c1-2-6(8)4-3-5-7;4-1-3(6)2-5/h6-8H,2-5H2,1H3;3-6H,1-2H2. The molecule has 0 aromatic carbocycles. The molecular weight excluding hydrogens is 188 g/mol. The van der Waals surface area contributed by atoms with Crippen LogP contribution in [-0.2, 0) is 0 Å². The van der Waals surface area contributed by atoms with Crippen LogP contribution in [-0.4, -0.2) is 57.6 Å². The number of hydrogen-bond acceptors (Lipinski definition) is 5. The molecule has 5 heteroatoms. The van der Waals surface area contributed by atoms with Crippen molar-refractivity contribution in [3.05, 3.63) is 0 Å². The zero-order chi connectivity index (χ0) is 11.4. The van der Waals surface area contributed by atoms with Gasteiger partial charge in [-0.15, -0.1) is 0 Å². The predicted octanol–water partition coefficient (Wildman–Crippen LogP) is -1.14. The maximum Gasteiger partial charge on any atom is 0.100 e. The molecule has 0 saturated carbocycles. The van der Waals surface area contributed by atoms with Crippen LogP contribution in [0, 0.1) is 0 Å². The summed E-state index contributed by atoms with van der Waals surface area (Å²) in [5.74, 6) is 0. The third-order valence-corrected chi connectivity index (χ3v) is 1.59. The Labute approximate surface area is 84.6 Å².